The molecule has 1 unspecified atom stereocenters. The molecule has 1 saturated heterocycles. The summed E-state index contributed by atoms with van der Waals surface area (Å²) in [4.78, 5) is 20.8. The average Bonchev–Trinajstić information content (AvgIpc) is 2.97. The van der Waals surface area contributed by atoms with Gasteiger partial charge in [-0.25, -0.2) is 14.4 Å². The van der Waals surface area contributed by atoms with Crippen molar-refractivity contribution in [2.75, 3.05) is 33.4 Å². The Labute approximate surface area is 222 Å². The van der Waals surface area contributed by atoms with Gasteiger partial charge in [0.15, 0.2) is 5.65 Å². The molecule has 1 fully saturated rings. The first-order chi connectivity index (χ1) is 18.7. The van der Waals surface area contributed by atoms with Gasteiger partial charge in [0.2, 0.25) is 0 Å². The van der Waals surface area contributed by atoms with Gasteiger partial charge in [-0.3, -0.25) is 9.98 Å². The van der Waals surface area contributed by atoms with Crippen LogP contribution in [0.1, 0.15) is 24.3 Å². The van der Waals surface area contributed by atoms with Crippen LogP contribution in [-0.4, -0.2) is 71.7 Å². The quantitative estimate of drug-likeness (QED) is 0.304. The molecule has 194 valence electrons. The third-order valence-corrected chi connectivity index (χ3v) is 7.00. The highest BCUT2D eigenvalue weighted by Crippen LogP contribution is 2.33. The number of piperidine rings is 1. The first-order valence-electron chi connectivity index (χ1n) is 12.9. The molecule has 8 heteroatoms. The number of nitrogens with one attached hydrogen (secondary N) is 1. The van der Waals surface area contributed by atoms with Gasteiger partial charge in [0, 0.05) is 74.3 Å². The third-order valence-electron chi connectivity index (χ3n) is 7.00. The fraction of sp³-hybridized carbons (Fsp3) is 0.300. The zero-order chi connectivity index (χ0) is 26.3. The Morgan fingerprint density at radius 3 is 2.76 bits per heavy atom. The lowest BCUT2D eigenvalue weighted by Crippen LogP contribution is -2.37. The molecule has 1 aliphatic heterocycles. The molecule has 1 aromatic carbocycles. The number of fused-ring (bicyclic) bond motifs is 1. The van der Waals surface area contributed by atoms with Crippen LogP contribution < -0.4 is 0 Å². The molecule has 0 amide bonds. The van der Waals surface area contributed by atoms with E-state index in [2.05, 4.69) is 19.9 Å². The highest BCUT2D eigenvalue weighted by atomic mass is 19.1. The van der Waals surface area contributed by atoms with Crippen LogP contribution in [0.4, 0.5) is 4.39 Å². The van der Waals surface area contributed by atoms with E-state index in [4.69, 9.17) is 15.1 Å². The molecular weight excluding hydrogens is 479 g/mol. The summed E-state index contributed by atoms with van der Waals surface area (Å²) >= 11 is 0. The van der Waals surface area contributed by atoms with Crippen LogP contribution in [-0.2, 0) is 4.74 Å². The molecule has 1 N–H and O–H groups in total. The fourth-order valence-electron chi connectivity index (χ4n) is 4.84. The molecule has 5 rings (SSSR count). The Morgan fingerprint density at radius 2 is 1.97 bits per heavy atom. The molecule has 3 aromatic heterocycles. The molecule has 0 saturated carbocycles. The van der Waals surface area contributed by atoms with Gasteiger partial charge in [0.25, 0.3) is 0 Å². The number of hydrogen-bond acceptors (Lipinski definition) is 7. The molecule has 0 bridgehead atoms. The monoisotopic (exact) mass is 510 g/mol. The van der Waals surface area contributed by atoms with E-state index >= 15 is 0 Å². The van der Waals surface area contributed by atoms with Crippen molar-refractivity contribution in [1.82, 2.24) is 19.9 Å². The van der Waals surface area contributed by atoms with Gasteiger partial charge in [0.1, 0.15) is 5.82 Å². The van der Waals surface area contributed by atoms with Gasteiger partial charge in [0.05, 0.1) is 24.3 Å². The summed E-state index contributed by atoms with van der Waals surface area (Å²) < 4.78 is 19.8. The van der Waals surface area contributed by atoms with E-state index in [1.54, 1.807) is 43.9 Å². The Balaban J connectivity index is 1.42. The van der Waals surface area contributed by atoms with Crippen LogP contribution in [0.25, 0.3) is 33.4 Å². The Kier molecular flexibility index (Phi) is 8.21. The third kappa shape index (κ3) is 5.82. The Bertz CT molecular complexity index is 1430. The maximum atomic E-state index is 14.6. The van der Waals surface area contributed by atoms with E-state index in [9.17, 15) is 4.39 Å². The maximum Gasteiger partial charge on any atom is 0.160 e. The van der Waals surface area contributed by atoms with Crippen LogP contribution in [0.2, 0.25) is 0 Å². The van der Waals surface area contributed by atoms with E-state index in [0.29, 0.717) is 16.9 Å². The number of methoxy groups -OCH3 is 1. The highest BCUT2D eigenvalue weighted by Gasteiger charge is 2.19. The second kappa shape index (κ2) is 12.1. The van der Waals surface area contributed by atoms with Crippen molar-refractivity contribution in [1.29, 1.82) is 5.41 Å². The molecule has 1 aliphatic rings. The molecule has 0 radical (unpaired) electrons. The number of likely N-dealkylation sites (tertiary alicyclic amines) is 1. The lowest BCUT2D eigenvalue weighted by atomic mass is 9.96. The van der Waals surface area contributed by atoms with Crippen molar-refractivity contribution in [2.45, 2.75) is 24.8 Å². The number of benzene rings is 1. The number of nitrogens with zero attached hydrogens (tertiary/aromatic N) is 5. The molecule has 38 heavy (non-hydrogen) atoms. The van der Waals surface area contributed by atoms with Crippen molar-refractivity contribution in [2.24, 2.45) is 4.99 Å². The van der Waals surface area contributed by atoms with E-state index < -0.39 is 0 Å². The lowest BCUT2D eigenvalue weighted by Gasteiger charge is -2.29. The topological polar surface area (TPSA) is 87.4 Å². The first kappa shape index (κ1) is 25.8. The lowest BCUT2D eigenvalue weighted by molar-refractivity contribution is 0.131. The standard InChI is InChI=1S/C30H31FN6O/c1-38-14-13-37-11-8-24(9-12-37)35-20-23(17-32)21-15-22(19-33-18-21)27-16-29(26-5-2-3-7-28(26)31)36-30-25(27)6-4-10-34-30/h2-7,10,15-20,23-24,32H,8-9,11-14H2,1H3. The van der Waals surface area contributed by atoms with Gasteiger partial charge in [-0.1, -0.05) is 12.1 Å². The van der Waals surface area contributed by atoms with Crippen molar-refractivity contribution in [3.63, 3.8) is 0 Å². The zero-order valence-electron chi connectivity index (χ0n) is 21.4. The summed E-state index contributed by atoms with van der Waals surface area (Å²) in [5.74, 6) is -0.621. The number of hydrogen-bond donors (Lipinski definition) is 1. The summed E-state index contributed by atoms with van der Waals surface area (Å²) in [5, 5.41) is 8.92. The van der Waals surface area contributed by atoms with Crippen LogP contribution in [0.3, 0.4) is 0 Å². The molecule has 0 aliphatic carbocycles. The van der Waals surface area contributed by atoms with Crippen LogP contribution in [0.15, 0.2) is 72.1 Å². The largest absolute Gasteiger partial charge is 0.383 e. The molecule has 0 spiro atoms. The number of ether oxygens (including phenoxy) is 1. The van der Waals surface area contributed by atoms with E-state index in [1.165, 1.54) is 12.3 Å². The van der Waals surface area contributed by atoms with Crippen LogP contribution in [0.5, 0.6) is 0 Å². The van der Waals surface area contributed by atoms with Gasteiger partial charge in [-0.05, 0) is 60.4 Å². The van der Waals surface area contributed by atoms with Gasteiger partial charge < -0.3 is 15.0 Å². The summed E-state index contributed by atoms with van der Waals surface area (Å²) in [6.45, 7) is 3.71. The van der Waals surface area contributed by atoms with Crippen molar-refractivity contribution >= 4 is 23.5 Å². The minimum Gasteiger partial charge on any atom is -0.383 e. The van der Waals surface area contributed by atoms with E-state index in [0.717, 1.165) is 61.2 Å². The second-order valence-corrected chi connectivity index (χ2v) is 9.47. The SMILES string of the molecule is COCCN1CCC(N=CC(C=N)c2cncc(-c3cc(-c4ccccc4F)nc4ncccc34)c2)CC1. The van der Waals surface area contributed by atoms with E-state index in [-0.39, 0.29) is 17.8 Å². The summed E-state index contributed by atoms with van der Waals surface area (Å²) in [6.07, 6.45) is 10.5. The smallest absolute Gasteiger partial charge is 0.160 e. The first-order valence-corrected chi connectivity index (χ1v) is 12.9. The molecule has 4 aromatic rings. The van der Waals surface area contributed by atoms with Gasteiger partial charge >= 0.3 is 0 Å². The average molecular weight is 511 g/mol. The van der Waals surface area contributed by atoms with E-state index in [1.807, 2.05) is 30.5 Å². The van der Waals surface area contributed by atoms with Crippen molar-refractivity contribution in [3.05, 3.63) is 78.5 Å². The number of rotatable bonds is 9. The molecule has 1 atom stereocenters. The van der Waals surface area contributed by atoms with Crippen molar-refractivity contribution < 1.29 is 9.13 Å². The fourth-order valence-corrected chi connectivity index (χ4v) is 4.84. The van der Waals surface area contributed by atoms with Crippen LogP contribution >= 0.6 is 0 Å². The normalized spacial score (nSPS) is 15.7. The maximum absolute atomic E-state index is 14.6. The predicted octanol–water partition coefficient (Wildman–Crippen LogP) is 5.41. The van der Waals surface area contributed by atoms with Crippen molar-refractivity contribution in [3.8, 4) is 22.4 Å². The number of aliphatic imine (C=N–C) groups is 1. The molecule has 7 nitrogen and oxygen atoms in total. The predicted molar refractivity (Wildman–Crippen MR) is 150 cm³/mol. The highest BCUT2D eigenvalue weighted by molar-refractivity contribution is 5.95. The molecule has 4 heterocycles. The number of aromatic nitrogens is 3. The summed E-state index contributed by atoms with van der Waals surface area (Å²) in [6, 6.07) is 14.6. The Hall–Kier alpha value is -3.88. The van der Waals surface area contributed by atoms with Crippen LogP contribution in [0, 0.1) is 11.2 Å². The number of halogens is 1. The van der Waals surface area contributed by atoms with Gasteiger partial charge in [-0.2, -0.15) is 0 Å². The minimum atomic E-state index is -0.335. The Morgan fingerprint density at radius 1 is 1.13 bits per heavy atom. The summed E-state index contributed by atoms with van der Waals surface area (Å²) in [7, 11) is 1.73. The summed E-state index contributed by atoms with van der Waals surface area (Å²) in [5.41, 5.74) is 4.06. The number of pyridine rings is 3. The minimum absolute atomic E-state index is 0.255. The molecular formula is C30H31FN6O. The second-order valence-electron chi connectivity index (χ2n) is 9.47. The zero-order valence-corrected chi connectivity index (χ0v) is 21.4. The van der Waals surface area contributed by atoms with Gasteiger partial charge in [-0.15, -0.1) is 0 Å².